The summed E-state index contributed by atoms with van der Waals surface area (Å²) in [6, 6.07) is 5.07. The Morgan fingerprint density at radius 3 is 2.96 bits per heavy atom. The van der Waals surface area contributed by atoms with E-state index in [1.807, 2.05) is 32.3 Å². The summed E-state index contributed by atoms with van der Waals surface area (Å²) in [5.74, 6) is -0.162. The Morgan fingerprint density at radius 1 is 1.46 bits per heavy atom. The van der Waals surface area contributed by atoms with Gasteiger partial charge in [0.05, 0.1) is 12.2 Å². The summed E-state index contributed by atoms with van der Waals surface area (Å²) in [5.41, 5.74) is 2.66. The lowest BCUT2D eigenvalue weighted by molar-refractivity contribution is -0.119. The zero-order valence-electron chi connectivity index (χ0n) is 15.2. The van der Waals surface area contributed by atoms with Crippen molar-refractivity contribution in [1.82, 2.24) is 20.1 Å². The summed E-state index contributed by atoms with van der Waals surface area (Å²) in [4.78, 5) is 14.2. The fraction of sp³-hybridized carbons (Fsp3) is 0.368. The minimum absolute atomic E-state index is 0.0689. The molecule has 7 heteroatoms. The second kappa shape index (κ2) is 7.59. The molecule has 0 aliphatic carbocycles. The number of nitrogens with one attached hydrogen (secondary N) is 2. The highest BCUT2D eigenvalue weighted by Gasteiger charge is 2.15. The first-order chi connectivity index (χ1) is 12.4. The molecule has 2 N–H and O–H groups in total. The molecule has 0 unspecified atom stereocenters. The molecule has 0 fully saturated rings. The van der Waals surface area contributed by atoms with Crippen LogP contribution in [0.2, 0.25) is 0 Å². The second-order valence-corrected chi connectivity index (χ2v) is 6.48. The number of aryl methyl sites for hydroxylation is 1. The normalized spacial score (nSPS) is 12.3. The highest BCUT2D eigenvalue weighted by Crippen LogP contribution is 2.30. The number of fused-ring (bicyclic) bond motifs is 1. The largest absolute Gasteiger partial charge is 0.489 e. The molecule has 0 saturated carbocycles. The van der Waals surface area contributed by atoms with E-state index in [0.29, 0.717) is 25.2 Å². The van der Waals surface area contributed by atoms with Crippen LogP contribution in [0, 0.1) is 12.7 Å². The van der Waals surface area contributed by atoms with Gasteiger partial charge in [0.1, 0.15) is 6.61 Å². The maximum absolute atomic E-state index is 14.3. The van der Waals surface area contributed by atoms with Gasteiger partial charge in [-0.25, -0.2) is 4.39 Å². The Hall–Kier alpha value is -2.83. The van der Waals surface area contributed by atoms with Crippen LogP contribution in [0.25, 0.3) is 10.9 Å². The molecule has 138 valence electrons. The number of aromatic amines is 1. The van der Waals surface area contributed by atoms with E-state index in [-0.39, 0.29) is 17.6 Å². The second-order valence-electron chi connectivity index (χ2n) is 6.48. The van der Waals surface area contributed by atoms with E-state index in [1.165, 1.54) is 13.0 Å². The Bertz CT molecular complexity index is 916. The molecule has 1 amide bonds. The number of carbonyl (C=O) groups is 1. The average molecular weight is 358 g/mol. The maximum atomic E-state index is 14.3. The zero-order valence-corrected chi connectivity index (χ0v) is 15.2. The molecule has 0 radical (unpaired) electrons. The average Bonchev–Trinajstić information content (AvgIpc) is 3.18. The van der Waals surface area contributed by atoms with Gasteiger partial charge >= 0.3 is 0 Å². The van der Waals surface area contributed by atoms with Gasteiger partial charge in [0.25, 0.3) is 0 Å². The highest BCUT2D eigenvalue weighted by molar-refractivity contribution is 5.85. The van der Waals surface area contributed by atoms with E-state index in [4.69, 9.17) is 4.74 Å². The molecule has 6 nitrogen and oxygen atoms in total. The highest BCUT2D eigenvalue weighted by atomic mass is 19.1. The van der Waals surface area contributed by atoms with Gasteiger partial charge in [0, 0.05) is 48.7 Å². The van der Waals surface area contributed by atoms with Gasteiger partial charge in [-0.2, -0.15) is 5.10 Å². The van der Waals surface area contributed by atoms with Crippen LogP contribution in [0.4, 0.5) is 4.39 Å². The van der Waals surface area contributed by atoms with Gasteiger partial charge in [-0.1, -0.05) is 6.92 Å². The van der Waals surface area contributed by atoms with E-state index in [1.54, 1.807) is 10.7 Å². The SMILES string of the molecule is CC(=O)NC[C@H](C)c1c[nH]c2cc(F)c(OCCn3ccc(C)n3)cc12. The van der Waals surface area contributed by atoms with Crippen molar-refractivity contribution in [1.29, 1.82) is 0 Å². The Kier molecular flexibility index (Phi) is 5.25. The van der Waals surface area contributed by atoms with Crippen LogP contribution in [0.3, 0.4) is 0 Å². The zero-order chi connectivity index (χ0) is 18.7. The first-order valence-corrected chi connectivity index (χ1v) is 8.62. The van der Waals surface area contributed by atoms with Gasteiger partial charge in [-0.05, 0) is 24.6 Å². The molecule has 1 atom stereocenters. The third kappa shape index (κ3) is 4.04. The van der Waals surface area contributed by atoms with E-state index >= 15 is 0 Å². The molecule has 3 aromatic rings. The first kappa shape index (κ1) is 18.0. The van der Waals surface area contributed by atoms with Crippen LogP contribution in [0.15, 0.2) is 30.6 Å². The maximum Gasteiger partial charge on any atom is 0.216 e. The van der Waals surface area contributed by atoms with Crippen LogP contribution in [-0.2, 0) is 11.3 Å². The number of ether oxygens (including phenoxy) is 1. The monoisotopic (exact) mass is 358 g/mol. The predicted molar refractivity (Wildman–Crippen MR) is 97.8 cm³/mol. The fourth-order valence-corrected chi connectivity index (χ4v) is 2.91. The lowest BCUT2D eigenvalue weighted by Crippen LogP contribution is -2.24. The molecular weight excluding hydrogens is 335 g/mol. The molecule has 26 heavy (non-hydrogen) atoms. The van der Waals surface area contributed by atoms with Gasteiger partial charge in [-0.15, -0.1) is 0 Å². The summed E-state index contributed by atoms with van der Waals surface area (Å²) in [5, 5.41) is 7.99. The number of carbonyl (C=O) groups excluding carboxylic acids is 1. The number of hydrogen-bond acceptors (Lipinski definition) is 3. The minimum Gasteiger partial charge on any atom is -0.489 e. The molecule has 0 aliphatic heterocycles. The summed E-state index contributed by atoms with van der Waals surface area (Å²) >= 11 is 0. The number of H-pyrrole nitrogens is 1. The number of halogens is 1. The van der Waals surface area contributed by atoms with Crippen molar-refractivity contribution in [2.75, 3.05) is 13.2 Å². The van der Waals surface area contributed by atoms with Crippen LogP contribution in [0.1, 0.15) is 31.0 Å². The standard InChI is InChI=1S/C19H23FN4O2/c1-12(10-21-14(3)25)16-11-22-18-9-17(20)19(8-15(16)18)26-7-6-24-5-4-13(2)23-24/h4-5,8-9,11-12,22H,6-7,10H2,1-3H3,(H,21,25)/t12-/m0/s1. The number of aromatic nitrogens is 3. The van der Waals surface area contributed by atoms with Crippen molar-refractivity contribution in [3.8, 4) is 5.75 Å². The van der Waals surface area contributed by atoms with Gasteiger partial charge < -0.3 is 15.0 Å². The minimum atomic E-state index is -0.406. The number of hydrogen-bond donors (Lipinski definition) is 2. The molecule has 2 aromatic heterocycles. The van der Waals surface area contributed by atoms with Crippen molar-refractivity contribution in [3.05, 3.63) is 47.7 Å². The van der Waals surface area contributed by atoms with Crippen molar-refractivity contribution in [3.63, 3.8) is 0 Å². The molecule has 3 rings (SSSR count). The van der Waals surface area contributed by atoms with E-state index in [0.717, 1.165) is 16.6 Å². The summed E-state index contributed by atoms with van der Waals surface area (Å²) in [6.45, 7) is 6.82. The fourth-order valence-electron chi connectivity index (χ4n) is 2.91. The molecule has 0 aliphatic rings. The molecule has 0 bridgehead atoms. The van der Waals surface area contributed by atoms with Crippen LogP contribution >= 0.6 is 0 Å². The molecule has 2 heterocycles. The van der Waals surface area contributed by atoms with Crippen LogP contribution in [0.5, 0.6) is 5.75 Å². The van der Waals surface area contributed by atoms with E-state index in [2.05, 4.69) is 15.4 Å². The van der Waals surface area contributed by atoms with Crippen LogP contribution < -0.4 is 10.1 Å². The van der Waals surface area contributed by atoms with E-state index in [9.17, 15) is 9.18 Å². The predicted octanol–water partition coefficient (Wildman–Crippen LogP) is 3.13. The van der Waals surface area contributed by atoms with Crippen LogP contribution in [-0.4, -0.2) is 33.8 Å². The third-order valence-electron chi connectivity index (χ3n) is 4.31. The van der Waals surface area contributed by atoms with Crippen molar-refractivity contribution in [2.24, 2.45) is 0 Å². The summed E-state index contributed by atoms with van der Waals surface area (Å²) in [6.07, 6.45) is 3.72. The quantitative estimate of drug-likeness (QED) is 0.682. The van der Waals surface area contributed by atoms with Gasteiger partial charge in [0.15, 0.2) is 11.6 Å². The number of amides is 1. The summed E-state index contributed by atoms with van der Waals surface area (Å²) in [7, 11) is 0. The number of nitrogens with zero attached hydrogens (tertiary/aromatic N) is 2. The summed E-state index contributed by atoms with van der Waals surface area (Å²) < 4.78 is 21.7. The topological polar surface area (TPSA) is 71.9 Å². The lowest BCUT2D eigenvalue weighted by atomic mass is 10.0. The molecule has 0 saturated heterocycles. The smallest absolute Gasteiger partial charge is 0.216 e. The first-order valence-electron chi connectivity index (χ1n) is 8.62. The number of benzene rings is 1. The Morgan fingerprint density at radius 2 is 2.27 bits per heavy atom. The number of rotatable bonds is 7. The van der Waals surface area contributed by atoms with Gasteiger partial charge in [-0.3, -0.25) is 9.48 Å². The molecule has 0 spiro atoms. The third-order valence-corrected chi connectivity index (χ3v) is 4.31. The molecule has 1 aromatic carbocycles. The Labute approximate surface area is 151 Å². The molecular formula is C19H23FN4O2. The Balaban J connectivity index is 1.74. The van der Waals surface area contributed by atoms with Gasteiger partial charge in [0.2, 0.25) is 5.91 Å². The van der Waals surface area contributed by atoms with Crippen molar-refractivity contribution >= 4 is 16.8 Å². The van der Waals surface area contributed by atoms with Crippen molar-refractivity contribution in [2.45, 2.75) is 33.2 Å². The lowest BCUT2D eigenvalue weighted by Gasteiger charge is -2.12. The van der Waals surface area contributed by atoms with E-state index < -0.39 is 5.82 Å². The van der Waals surface area contributed by atoms with Crippen molar-refractivity contribution < 1.29 is 13.9 Å².